The Morgan fingerprint density at radius 3 is 2.67 bits per heavy atom. The molecule has 0 aliphatic carbocycles. The van der Waals surface area contributed by atoms with Crippen LogP contribution in [0.5, 0.6) is 0 Å². The maximum Gasteiger partial charge on any atom is 0.0464 e. The van der Waals surface area contributed by atoms with Crippen molar-refractivity contribution < 1.29 is 0 Å². The third-order valence-corrected chi connectivity index (χ3v) is 5.55. The molecule has 0 saturated carbocycles. The molecule has 112 valence electrons. The molecular weight excluding hydrogens is 366 g/mol. The summed E-state index contributed by atoms with van der Waals surface area (Å²) >= 11 is 11.7. The van der Waals surface area contributed by atoms with Crippen molar-refractivity contribution in [1.82, 2.24) is 5.32 Å². The summed E-state index contributed by atoms with van der Waals surface area (Å²) in [6.45, 7) is 5.32. The van der Waals surface area contributed by atoms with Crippen molar-refractivity contribution in [2.75, 3.05) is 6.54 Å². The van der Waals surface area contributed by atoms with Gasteiger partial charge in [-0.2, -0.15) is 0 Å². The molecule has 0 saturated heterocycles. The highest BCUT2D eigenvalue weighted by Crippen LogP contribution is 2.36. The molecule has 21 heavy (non-hydrogen) atoms. The van der Waals surface area contributed by atoms with Crippen LogP contribution in [0.3, 0.4) is 0 Å². The predicted octanol–water partition coefficient (Wildman–Crippen LogP) is 6.31. The molecular formula is C17H19BrClNS. The molecule has 2 rings (SSSR count). The van der Waals surface area contributed by atoms with Gasteiger partial charge in [0.1, 0.15) is 0 Å². The normalized spacial score (nSPS) is 12.4. The van der Waals surface area contributed by atoms with Gasteiger partial charge in [0.2, 0.25) is 0 Å². The second kappa shape index (κ2) is 8.23. The maximum atomic E-state index is 6.44. The fraction of sp³-hybridized carbons (Fsp3) is 0.294. The third kappa shape index (κ3) is 4.75. The number of halogens is 2. The van der Waals surface area contributed by atoms with Crippen molar-refractivity contribution in [2.24, 2.45) is 0 Å². The zero-order valence-electron chi connectivity index (χ0n) is 12.2. The molecule has 1 N–H and O–H groups in total. The van der Waals surface area contributed by atoms with E-state index in [1.165, 1.54) is 4.90 Å². The molecule has 4 heteroatoms. The van der Waals surface area contributed by atoms with Crippen molar-refractivity contribution in [1.29, 1.82) is 0 Å². The summed E-state index contributed by atoms with van der Waals surface area (Å²) in [5.41, 5.74) is 1.15. The van der Waals surface area contributed by atoms with Crippen molar-refractivity contribution in [3.05, 3.63) is 57.5 Å². The van der Waals surface area contributed by atoms with Crippen LogP contribution in [0, 0.1) is 0 Å². The van der Waals surface area contributed by atoms with Crippen LogP contribution >= 0.6 is 39.3 Å². The van der Waals surface area contributed by atoms with Gasteiger partial charge in [-0.3, -0.25) is 0 Å². The van der Waals surface area contributed by atoms with E-state index in [0.29, 0.717) is 0 Å². The number of rotatable bonds is 6. The molecule has 1 atom stereocenters. The molecule has 0 aromatic heterocycles. The molecule has 0 aliphatic heterocycles. The molecule has 0 fully saturated rings. The van der Waals surface area contributed by atoms with Crippen molar-refractivity contribution in [3.8, 4) is 0 Å². The summed E-state index contributed by atoms with van der Waals surface area (Å²) in [4.78, 5) is 2.34. The minimum absolute atomic E-state index is 0.278. The summed E-state index contributed by atoms with van der Waals surface area (Å²) in [6.07, 6.45) is 1.12. The van der Waals surface area contributed by atoms with Crippen LogP contribution in [0.1, 0.15) is 31.9 Å². The van der Waals surface area contributed by atoms with E-state index in [2.05, 4.69) is 59.4 Å². The predicted molar refractivity (Wildman–Crippen MR) is 96.4 cm³/mol. The fourth-order valence-corrected chi connectivity index (χ4v) is 3.86. The Balaban J connectivity index is 2.14. The number of benzene rings is 2. The molecule has 0 spiro atoms. The summed E-state index contributed by atoms with van der Waals surface area (Å²) in [5, 5.41) is 4.29. The van der Waals surface area contributed by atoms with Gasteiger partial charge in [0.15, 0.2) is 0 Å². The lowest BCUT2D eigenvalue weighted by Crippen LogP contribution is -2.19. The summed E-state index contributed by atoms with van der Waals surface area (Å²) < 4.78 is 1.10. The number of hydrogen-bond acceptors (Lipinski definition) is 2. The highest BCUT2D eigenvalue weighted by molar-refractivity contribution is 9.10. The first-order chi connectivity index (χ1) is 10.1. The van der Waals surface area contributed by atoms with Crippen molar-refractivity contribution >= 4 is 39.3 Å². The Kier molecular flexibility index (Phi) is 6.62. The SMILES string of the molecule is CCCNC(C)c1ccc(Sc2ccccc2Br)cc1Cl. The van der Waals surface area contributed by atoms with E-state index in [9.17, 15) is 0 Å². The Morgan fingerprint density at radius 1 is 1.24 bits per heavy atom. The lowest BCUT2D eigenvalue weighted by Gasteiger charge is -2.16. The van der Waals surface area contributed by atoms with Crippen LogP contribution in [0.15, 0.2) is 56.7 Å². The Bertz CT molecular complexity index is 603. The van der Waals surface area contributed by atoms with Gasteiger partial charge < -0.3 is 5.32 Å². The highest BCUT2D eigenvalue weighted by atomic mass is 79.9. The smallest absolute Gasteiger partial charge is 0.0464 e. The van der Waals surface area contributed by atoms with Gasteiger partial charge in [-0.1, -0.05) is 48.5 Å². The van der Waals surface area contributed by atoms with E-state index in [-0.39, 0.29) is 6.04 Å². The van der Waals surface area contributed by atoms with Crippen LogP contribution in [0.25, 0.3) is 0 Å². The molecule has 1 unspecified atom stereocenters. The topological polar surface area (TPSA) is 12.0 Å². The Morgan fingerprint density at radius 2 is 2.00 bits per heavy atom. The summed E-state index contributed by atoms with van der Waals surface area (Å²) in [7, 11) is 0. The second-order valence-electron chi connectivity index (χ2n) is 4.89. The van der Waals surface area contributed by atoms with Crippen LogP contribution < -0.4 is 5.32 Å². The molecule has 2 aromatic rings. The zero-order chi connectivity index (χ0) is 15.2. The lowest BCUT2D eigenvalue weighted by atomic mass is 10.1. The van der Waals surface area contributed by atoms with Gasteiger partial charge in [0.25, 0.3) is 0 Å². The minimum Gasteiger partial charge on any atom is -0.310 e. The summed E-state index contributed by atoms with van der Waals surface area (Å²) in [5.74, 6) is 0. The van der Waals surface area contributed by atoms with Crippen molar-refractivity contribution in [2.45, 2.75) is 36.1 Å². The largest absolute Gasteiger partial charge is 0.310 e. The van der Waals surface area contributed by atoms with Gasteiger partial charge in [-0.15, -0.1) is 0 Å². The standard InChI is InChI=1S/C17H19BrClNS/c1-3-10-20-12(2)14-9-8-13(11-16(14)19)21-17-7-5-4-6-15(17)18/h4-9,11-12,20H,3,10H2,1-2H3. The number of hydrogen-bond donors (Lipinski definition) is 1. The van der Waals surface area contributed by atoms with Gasteiger partial charge in [0.05, 0.1) is 0 Å². The summed E-state index contributed by atoms with van der Waals surface area (Å²) in [6, 6.07) is 14.8. The zero-order valence-corrected chi connectivity index (χ0v) is 15.4. The molecule has 0 bridgehead atoms. The fourth-order valence-electron chi connectivity index (χ4n) is 2.05. The molecule has 1 nitrogen and oxygen atoms in total. The first kappa shape index (κ1) is 16.9. The van der Waals surface area contributed by atoms with E-state index in [4.69, 9.17) is 11.6 Å². The number of nitrogens with one attached hydrogen (secondary N) is 1. The first-order valence-electron chi connectivity index (χ1n) is 7.07. The molecule has 0 heterocycles. The molecule has 0 aliphatic rings. The average molecular weight is 385 g/mol. The Hall–Kier alpha value is -0.480. The lowest BCUT2D eigenvalue weighted by molar-refractivity contribution is 0.570. The average Bonchev–Trinajstić information content (AvgIpc) is 2.47. The molecule has 0 amide bonds. The van der Waals surface area contributed by atoms with E-state index in [1.54, 1.807) is 11.8 Å². The van der Waals surface area contributed by atoms with Gasteiger partial charge in [-0.05, 0) is 65.6 Å². The van der Waals surface area contributed by atoms with E-state index in [1.807, 2.05) is 18.2 Å². The monoisotopic (exact) mass is 383 g/mol. The van der Waals surface area contributed by atoms with E-state index < -0.39 is 0 Å². The van der Waals surface area contributed by atoms with E-state index in [0.717, 1.165) is 32.9 Å². The van der Waals surface area contributed by atoms with E-state index >= 15 is 0 Å². The quantitative estimate of drug-likeness (QED) is 0.626. The maximum absolute atomic E-state index is 6.44. The van der Waals surface area contributed by atoms with Crippen LogP contribution in [0.2, 0.25) is 5.02 Å². The van der Waals surface area contributed by atoms with Gasteiger partial charge in [-0.25, -0.2) is 0 Å². The molecule has 2 aromatic carbocycles. The van der Waals surface area contributed by atoms with Gasteiger partial charge in [0, 0.05) is 25.3 Å². The second-order valence-corrected chi connectivity index (χ2v) is 7.27. The minimum atomic E-state index is 0.278. The highest BCUT2D eigenvalue weighted by Gasteiger charge is 2.10. The van der Waals surface area contributed by atoms with Crippen LogP contribution in [0.4, 0.5) is 0 Å². The third-order valence-electron chi connectivity index (χ3n) is 3.20. The van der Waals surface area contributed by atoms with Crippen LogP contribution in [-0.2, 0) is 0 Å². The van der Waals surface area contributed by atoms with Crippen molar-refractivity contribution in [3.63, 3.8) is 0 Å². The van der Waals surface area contributed by atoms with Crippen LogP contribution in [-0.4, -0.2) is 6.54 Å². The molecule has 0 radical (unpaired) electrons. The first-order valence-corrected chi connectivity index (χ1v) is 9.05. The van der Waals surface area contributed by atoms with Gasteiger partial charge >= 0.3 is 0 Å². The Labute approximate surface area is 144 Å².